The van der Waals surface area contributed by atoms with Crippen LogP contribution in [0.4, 0.5) is 4.39 Å². The van der Waals surface area contributed by atoms with Gasteiger partial charge in [0.2, 0.25) is 15.9 Å². The van der Waals surface area contributed by atoms with Crippen molar-refractivity contribution in [3.05, 3.63) is 64.8 Å². The van der Waals surface area contributed by atoms with Crippen LogP contribution in [0.5, 0.6) is 0 Å². The van der Waals surface area contributed by atoms with Gasteiger partial charge in [-0.25, -0.2) is 13.1 Å². The van der Waals surface area contributed by atoms with Gasteiger partial charge < -0.3 is 4.90 Å². The molecule has 1 aromatic rings. The molecule has 1 amide bonds. The maximum absolute atomic E-state index is 14.2. The van der Waals surface area contributed by atoms with Crippen molar-refractivity contribution in [3.63, 3.8) is 0 Å². The number of carbonyl (C=O) groups excluding carboxylic acids is 1. The molecule has 7 heteroatoms. The van der Waals surface area contributed by atoms with Gasteiger partial charge in [-0.1, -0.05) is 30.0 Å². The van der Waals surface area contributed by atoms with Crippen molar-refractivity contribution in [2.24, 2.45) is 5.92 Å². The van der Waals surface area contributed by atoms with E-state index < -0.39 is 15.9 Å². The summed E-state index contributed by atoms with van der Waals surface area (Å²) in [6, 6.07) is 7.34. The van der Waals surface area contributed by atoms with Gasteiger partial charge >= 0.3 is 0 Å². The smallest absolute Gasteiger partial charge is 0.226 e. The van der Waals surface area contributed by atoms with Gasteiger partial charge in [-0.2, -0.15) is 4.39 Å². The minimum absolute atomic E-state index is 0.0473. The van der Waals surface area contributed by atoms with Crippen LogP contribution in [-0.4, -0.2) is 44.6 Å². The topological polar surface area (TPSA) is 66.5 Å². The minimum Gasteiger partial charge on any atom is -0.341 e. The number of halogens is 1. The average Bonchev–Trinajstić information content (AvgIpc) is 3.32. The summed E-state index contributed by atoms with van der Waals surface area (Å²) in [5.74, 6) is -0.492. The molecule has 0 radical (unpaired) electrons. The van der Waals surface area contributed by atoms with Crippen molar-refractivity contribution >= 4 is 21.5 Å². The molecule has 2 fully saturated rings. The Bertz CT molecular complexity index is 1060. The van der Waals surface area contributed by atoms with Gasteiger partial charge in [0.25, 0.3) is 0 Å². The number of likely N-dealkylation sites (tertiary alicyclic amines) is 1. The molecule has 1 saturated heterocycles. The molecule has 146 valence electrons. The van der Waals surface area contributed by atoms with Crippen LogP contribution in [0.15, 0.2) is 53.7 Å². The number of allylic oxidation sites excluding steroid dienone is 4. The van der Waals surface area contributed by atoms with Gasteiger partial charge in [0.1, 0.15) is 0 Å². The third-order valence-corrected chi connectivity index (χ3v) is 6.15. The number of sulfonamides is 1. The van der Waals surface area contributed by atoms with Crippen LogP contribution in [0.25, 0.3) is 5.57 Å². The van der Waals surface area contributed by atoms with E-state index in [1.165, 1.54) is 0 Å². The fourth-order valence-electron chi connectivity index (χ4n) is 4.05. The number of carbonyl (C=O) groups is 1. The Morgan fingerprint density at radius 2 is 2.11 bits per heavy atom. The first-order chi connectivity index (χ1) is 13.3. The number of rotatable bonds is 5. The van der Waals surface area contributed by atoms with Gasteiger partial charge in [-0.15, -0.1) is 0 Å². The van der Waals surface area contributed by atoms with Crippen molar-refractivity contribution in [2.75, 3.05) is 19.3 Å². The van der Waals surface area contributed by atoms with Gasteiger partial charge in [-0.3, -0.25) is 4.79 Å². The highest BCUT2D eigenvalue weighted by atomic mass is 32.2. The van der Waals surface area contributed by atoms with Gasteiger partial charge in [0.15, 0.2) is 5.83 Å². The van der Waals surface area contributed by atoms with Crippen LogP contribution in [0, 0.1) is 5.92 Å². The highest BCUT2D eigenvalue weighted by molar-refractivity contribution is 7.88. The molecule has 4 rings (SSSR count). The van der Waals surface area contributed by atoms with Crippen molar-refractivity contribution in [1.82, 2.24) is 9.62 Å². The summed E-state index contributed by atoms with van der Waals surface area (Å²) in [4.78, 5) is 14.6. The third-order valence-electron chi connectivity index (χ3n) is 5.39. The number of hydrogen-bond acceptors (Lipinski definition) is 3. The zero-order chi connectivity index (χ0) is 19.9. The Balaban J connectivity index is 1.47. The molecule has 2 aliphatic carbocycles. The highest BCUT2D eigenvalue weighted by Gasteiger charge is 2.47. The Morgan fingerprint density at radius 1 is 1.32 bits per heavy atom. The Labute approximate surface area is 164 Å². The molecule has 0 bridgehead atoms. The lowest BCUT2D eigenvalue weighted by molar-refractivity contribution is -0.131. The Morgan fingerprint density at radius 3 is 2.86 bits per heavy atom. The van der Waals surface area contributed by atoms with Crippen LogP contribution >= 0.6 is 0 Å². The maximum atomic E-state index is 14.2. The molecule has 1 N–H and O–H groups in total. The number of amides is 1. The number of nitrogens with zero attached hydrogens (tertiary/aromatic N) is 1. The predicted molar refractivity (Wildman–Crippen MR) is 104 cm³/mol. The standard InChI is InChI=1S/C21H21FN2O3S/c1-28(26,27)23-14-10-11-24(13-14)21(25)19-12-18(19)16-7-3-2-6-15(16)17-8-4-5-9-20(17)22/h2-4,6-8,14,18-19,23H,10-13H2,1H3. The molecule has 5 nitrogen and oxygen atoms in total. The fourth-order valence-corrected chi connectivity index (χ4v) is 4.85. The van der Waals surface area contributed by atoms with Crippen LogP contribution in [0.1, 0.15) is 29.9 Å². The molecular formula is C21H21FN2O3S. The quantitative estimate of drug-likeness (QED) is 0.773. The predicted octanol–water partition coefficient (Wildman–Crippen LogP) is 2.50. The summed E-state index contributed by atoms with van der Waals surface area (Å²) in [6.07, 6.45) is 5.77. The summed E-state index contributed by atoms with van der Waals surface area (Å²) in [6.45, 7) is 0.948. The van der Waals surface area contributed by atoms with E-state index in [-0.39, 0.29) is 23.8 Å². The second-order valence-corrected chi connectivity index (χ2v) is 9.31. The molecule has 0 aromatic heterocycles. The molecule has 1 heterocycles. The normalized spacial score (nSPS) is 26.2. The molecular weight excluding hydrogens is 379 g/mol. The van der Waals surface area contributed by atoms with Crippen LogP contribution in [-0.2, 0) is 14.8 Å². The molecule has 1 saturated carbocycles. The molecule has 3 atom stereocenters. The average molecular weight is 400 g/mol. The van der Waals surface area contributed by atoms with Crippen molar-refractivity contribution in [3.8, 4) is 0 Å². The molecule has 1 aliphatic heterocycles. The Kier molecular flexibility index (Phi) is 4.86. The van der Waals surface area contributed by atoms with E-state index >= 15 is 0 Å². The lowest BCUT2D eigenvalue weighted by Crippen LogP contribution is -2.38. The Hall–Kier alpha value is -2.43. The van der Waals surface area contributed by atoms with Crippen LogP contribution in [0.2, 0.25) is 0 Å². The molecule has 1 aromatic carbocycles. The highest BCUT2D eigenvalue weighted by Crippen LogP contribution is 2.51. The van der Waals surface area contributed by atoms with E-state index in [4.69, 9.17) is 0 Å². The number of benzene rings is 1. The van der Waals surface area contributed by atoms with Gasteiger partial charge in [-0.05, 0) is 47.8 Å². The zero-order valence-electron chi connectivity index (χ0n) is 15.5. The number of hydrogen-bond donors (Lipinski definition) is 1. The van der Waals surface area contributed by atoms with Crippen molar-refractivity contribution < 1.29 is 17.6 Å². The van der Waals surface area contributed by atoms with Crippen molar-refractivity contribution in [1.29, 1.82) is 0 Å². The maximum Gasteiger partial charge on any atom is 0.226 e. The van der Waals surface area contributed by atoms with E-state index in [0.717, 1.165) is 23.8 Å². The summed E-state index contributed by atoms with van der Waals surface area (Å²) >= 11 is 0. The largest absolute Gasteiger partial charge is 0.341 e. The molecule has 0 spiro atoms. The first kappa shape index (κ1) is 18.9. The SMILES string of the molecule is CS(=O)(=O)NC1CCN(C(=O)C2CC2c2ccccc2C2=CC=C=C=C2F)C1. The summed E-state index contributed by atoms with van der Waals surface area (Å²) in [5.41, 5.74) is 7.28. The second-order valence-electron chi connectivity index (χ2n) is 7.53. The molecule has 3 aliphatic rings. The van der Waals surface area contributed by atoms with Crippen molar-refractivity contribution in [2.45, 2.75) is 24.8 Å². The van der Waals surface area contributed by atoms with E-state index in [0.29, 0.717) is 25.1 Å². The molecule has 3 unspecified atom stereocenters. The lowest BCUT2D eigenvalue weighted by Gasteiger charge is -2.17. The summed E-state index contributed by atoms with van der Waals surface area (Å²) in [7, 11) is -3.28. The molecule has 28 heavy (non-hydrogen) atoms. The van der Waals surface area contributed by atoms with Gasteiger partial charge in [0, 0.05) is 30.6 Å². The van der Waals surface area contributed by atoms with Crippen LogP contribution in [0.3, 0.4) is 0 Å². The number of nitrogens with one attached hydrogen (secondary N) is 1. The fraction of sp³-hybridized carbons (Fsp3) is 0.381. The van der Waals surface area contributed by atoms with E-state index in [1.54, 1.807) is 17.1 Å². The first-order valence-corrected chi connectivity index (χ1v) is 11.2. The summed E-state index contributed by atoms with van der Waals surface area (Å²) < 4.78 is 39.6. The lowest BCUT2D eigenvalue weighted by atomic mass is 9.94. The van der Waals surface area contributed by atoms with Crippen LogP contribution < -0.4 is 4.72 Å². The van der Waals surface area contributed by atoms with E-state index in [9.17, 15) is 17.6 Å². The summed E-state index contributed by atoms with van der Waals surface area (Å²) in [5, 5.41) is 0. The van der Waals surface area contributed by atoms with E-state index in [1.807, 2.05) is 24.3 Å². The minimum atomic E-state index is -3.28. The second kappa shape index (κ2) is 7.19. The third kappa shape index (κ3) is 3.89. The monoisotopic (exact) mass is 400 g/mol. The zero-order valence-corrected chi connectivity index (χ0v) is 16.3. The first-order valence-electron chi connectivity index (χ1n) is 9.27. The van der Waals surface area contributed by atoms with E-state index in [2.05, 4.69) is 16.2 Å². The van der Waals surface area contributed by atoms with Gasteiger partial charge in [0.05, 0.1) is 6.26 Å².